The number of rotatable bonds is 11. The van der Waals surface area contributed by atoms with Gasteiger partial charge in [0, 0.05) is 19.6 Å². The lowest BCUT2D eigenvalue weighted by atomic mass is 10.2. The first-order valence-corrected chi connectivity index (χ1v) is 8.04. The Morgan fingerprint density at radius 1 is 0.952 bits per heavy atom. The minimum absolute atomic E-state index is 0.524. The molecule has 0 spiro atoms. The number of ether oxygens (including phenoxy) is 2. The highest BCUT2D eigenvalue weighted by atomic mass is 16.5. The standard InChI is InChI=1S/C16H29N3O2/c1-5-8-14-18-15(17-9-6-2)13(4)16(19-14)21-12-11-20-10-7-3/h5-12H2,1-4H3,(H,17,18,19). The zero-order valence-corrected chi connectivity index (χ0v) is 13.9. The van der Waals surface area contributed by atoms with Crippen LogP contribution < -0.4 is 10.1 Å². The van der Waals surface area contributed by atoms with E-state index in [-0.39, 0.29) is 0 Å². The number of hydrogen-bond donors (Lipinski definition) is 1. The van der Waals surface area contributed by atoms with Crippen LogP contribution in [0, 0.1) is 6.92 Å². The summed E-state index contributed by atoms with van der Waals surface area (Å²) in [6.07, 6.45) is 3.98. The van der Waals surface area contributed by atoms with E-state index >= 15 is 0 Å². The Hall–Kier alpha value is -1.36. The fourth-order valence-electron chi connectivity index (χ4n) is 1.88. The van der Waals surface area contributed by atoms with Gasteiger partial charge in [-0.05, 0) is 26.2 Å². The Labute approximate surface area is 128 Å². The van der Waals surface area contributed by atoms with Crippen molar-refractivity contribution < 1.29 is 9.47 Å². The molecule has 0 amide bonds. The van der Waals surface area contributed by atoms with Crippen molar-refractivity contribution in [2.75, 3.05) is 31.7 Å². The molecule has 1 heterocycles. The zero-order chi connectivity index (χ0) is 15.5. The Kier molecular flexibility index (Phi) is 8.74. The van der Waals surface area contributed by atoms with Gasteiger partial charge in [0.05, 0.1) is 12.2 Å². The van der Waals surface area contributed by atoms with Crippen LogP contribution in [0.25, 0.3) is 0 Å². The fourth-order valence-corrected chi connectivity index (χ4v) is 1.88. The number of hydrogen-bond acceptors (Lipinski definition) is 5. The van der Waals surface area contributed by atoms with E-state index in [1.807, 2.05) is 6.92 Å². The molecule has 0 aliphatic rings. The number of nitrogens with one attached hydrogen (secondary N) is 1. The van der Waals surface area contributed by atoms with Gasteiger partial charge < -0.3 is 14.8 Å². The SMILES string of the molecule is CCCNc1nc(CCC)nc(OCCOCCC)c1C. The van der Waals surface area contributed by atoms with Gasteiger partial charge in [0.1, 0.15) is 18.2 Å². The van der Waals surface area contributed by atoms with Crippen LogP contribution in [0.1, 0.15) is 51.4 Å². The van der Waals surface area contributed by atoms with Gasteiger partial charge in [0.25, 0.3) is 0 Å². The van der Waals surface area contributed by atoms with E-state index < -0.39 is 0 Å². The van der Waals surface area contributed by atoms with Gasteiger partial charge in [-0.1, -0.05) is 20.8 Å². The minimum atomic E-state index is 0.524. The van der Waals surface area contributed by atoms with E-state index in [1.165, 1.54) is 0 Å². The zero-order valence-electron chi connectivity index (χ0n) is 13.9. The second-order valence-electron chi connectivity index (χ2n) is 5.06. The fraction of sp³-hybridized carbons (Fsp3) is 0.750. The highest BCUT2D eigenvalue weighted by molar-refractivity contribution is 5.48. The monoisotopic (exact) mass is 295 g/mol. The second-order valence-corrected chi connectivity index (χ2v) is 5.06. The molecule has 0 fully saturated rings. The predicted octanol–water partition coefficient (Wildman–Crippen LogP) is 3.36. The molecule has 120 valence electrons. The molecule has 0 aromatic carbocycles. The maximum absolute atomic E-state index is 5.77. The molecule has 0 bridgehead atoms. The largest absolute Gasteiger partial charge is 0.475 e. The number of aromatic nitrogens is 2. The van der Waals surface area contributed by atoms with Gasteiger partial charge in [-0.25, -0.2) is 4.98 Å². The Morgan fingerprint density at radius 2 is 1.76 bits per heavy atom. The first-order chi connectivity index (χ1) is 10.2. The van der Waals surface area contributed by atoms with Crippen LogP contribution in [0.5, 0.6) is 5.88 Å². The minimum Gasteiger partial charge on any atom is -0.475 e. The topological polar surface area (TPSA) is 56.3 Å². The quantitative estimate of drug-likeness (QED) is 0.634. The van der Waals surface area contributed by atoms with Crippen molar-refractivity contribution in [3.8, 4) is 5.88 Å². The molecule has 0 aliphatic carbocycles. The van der Waals surface area contributed by atoms with Crippen molar-refractivity contribution in [2.24, 2.45) is 0 Å². The lowest BCUT2D eigenvalue weighted by molar-refractivity contribution is 0.0986. The lowest BCUT2D eigenvalue weighted by Crippen LogP contribution is -2.13. The van der Waals surface area contributed by atoms with Crippen LogP contribution in [-0.2, 0) is 11.2 Å². The van der Waals surface area contributed by atoms with E-state index in [4.69, 9.17) is 9.47 Å². The van der Waals surface area contributed by atoms with Gasteiger partial charge in [-0.3, -0.25) is 0 Å². The summed E-state index contributed by atoms with van der Waals surface area (Å²) in [6, 6.07) is 0. The Morgan fingerprint density at radius 3 is 2.43 bits per heavy atom. The molecule has 1 aromatic rings. The molecule has 5 heteroatoms. The molecule has 1 aromatic heterocycles. The van der Waals surface area contributed by atoms with Gasteiger partial charge in [0.2, 0.25) is 5.88 Å². The van der Waals surface area contributed by atoms with Crippen molar-refractivity contribution in [3.05, 3.63) is 11.4 Å². The van der Waals surface area contributed by atoms with Gasteiger partial charge in [-0.2, -0.15) is 4.98 Å². The third-order valence-electron chi connectivity index (χ3n) is 2.98. The summed E-state index contributed by atoms with van der Waals surface area (Å²) in [6.45, 7) is 11.2. The molecule has 0 saturated carbocycles. The van der Waals surface area contributed by atoms with Crippen molar-refractivity contribution in [1.29, 1.82) is 0 Å². The van der Waals surface area contributed by atoms with Gasteiger partial charge >= 0.3 is 0 Å². The summed E-state index contributed by atoms with van der Waals surface area (Å²) in [7, 11) is 0. The molecule has 21 heavy (non-hydrogen) atoms. The van der Waals surface area contributed by atoms with Crippen molar-refractivity contribution in [3.63, 3.8) is 0 Å². The van der Waals surface area contributed by atoms with E-state index in [0.29, 0.717) is 19.1 Å². The summed E-state index contributed by atoms with van der Waals surface area (Å²) >= 11 is 0. The number of anilines is 1. The number of nitrogens with zero attached hydrogens (tertiary/aromatic N) is 2. The maximum atomic E-state index is 5.77. The summed E-state index contributed by atoms with van der Waals surface area (Å²) in [5.41, 5.74) is 0.971. The molecule has 1 N–H and O–H groups in total. The molecule has 1 rings (SSSR count). The molecule has 0 radical (unpaired) electrons. The first kappa shape index (κ1) is 17.7. The number of aryl methyl sites for hydroxylation is 1. The molecule has 0 atom stereocenters. The highest BCUT2D eigenvalue weighted by Gasteiger charge is 2.11. The summed E-state index contributed by atoms with van der Waals surface area (Å²) in [5.74, 6) is 2.40. The summed E-state index contributed by atoms with van der Waals surface area (Å²) < 4.78 is 11.2. The normalized spacial score (nSPS) is 10.7. The second kappa shape index (κ2) is 10.4. The average Bonchev–Trinajstić information content (AvgIpc) is 2.48. The van der Waals surface area contributed by atoms with E-state index in [1.54, 1.807) is 0 Å². The third kappa shape index (κ3) is 6.29. The molecule has 5 nitrogen and oxygen atoms in total. The van der Waals surface area contributed by atoms with Crippen molar-refractivity contribution in [1.82, 2.24) is 9.97 Å². The van der Waals surface area contributed by atoms with Crippen molar-refractivity contribution in [2.45, 2.75) is 53.4 Å². The molecular formula is C16H29N3O2. The third-order valence-corrected chi connectivity index (χ3v) is 2.98. The lowest BCUT2D eigenvalue weighted by Gasteiger charge is -2.14. The highest BCUT2D eigenvalue weighted by Crippen LogP contribution is 2.22. The van der Waals surface area contributed by atoms with Crippen LogP contribution in [0.3, 0.4) is 0 Å². The summed E-state index contributed by atoms with van der Waals surface area (Å²) in [5, 5.41) is 3.35. The molecular weight excluding hydrogens is 266 g/mol. The molecule has 0 unspecified atom stereocenters. The Balaban J connectivity index is 2.72. The van der Waals surface area contributed by atoms with Crippen molar-refractivity contribution >= 4 is 5.82 Å². The van der Waals surface area contributed by atoms with Crippen LogP contribution in [0.4, 0.5) is 5.82 Å². The maximum Gasteiger partial charge on any atom is 0.221 e. The van der Waals surface area contributed by atoms with E-state index in [2.05, 4.69) is 36.1 Å². The predicted molar refractivity (Wildman–Crippen MR) is 86.1 cm³/mol. The van der Waals surface area contributed by atoms with Crippen LogP contribution in [0.2, 0.25) is 0 Å². The van der Waals surface area contributed by atoms with Gasteiger partial charge in [0.15, 0.2) is 0 Å². The smallest absolute Gasteiger partial charge is 0.221 e. The Bertz CT molecular complexity index is 411. The van der Waals surface area contributed by atoms with E-state index in [0.717, 1.165) is 56.0 Å². The van der Waals surface area contributed by atoms with E-state index in [9.17, 15) is 0 Å². The molecule has 0 saturated heterocycles. The van der Waals surface area contributed by atoms with Gasteiger partial charge in [-0.15, -0.1) is 0 Å². The molecule has 0 aliphatic heterocycles. The average molecular weight is 295 g/mol. The first-order valence-electron chi connectivity index (χ1n) is 8.04. The van der Waals surface area contributed by atoms with Crippen LogP contribution in [-0.4, -0.2) is 36.3 Å². The van der Waals surface area contributed by atoms with Crippen LogP contribution in [0.15, 0.2) is 0 Å². The van der Waals surface area contributed by atoms with Crippen LogP contribution >= 0.6 is 0 Å². The summed E-state index contributed by atoms with van der Waals surface area (Å²) in [4.78, 5) is 9.10.